The molecule has 16 heavy (non-hydrogen) atoms. The van der Waals surface area contributed by atoms with E-state index in [-0.39, 0.29) is 6.42 Å². The summed E-state index contributed by atoms with van der Waals surface area (Å²) in [5, 5.41) is 10.9. The Kier molecular flexibility index (Phi) is 3.11. The molecule has 0 spiro atoms. The quantitative estimate of drug-likeness (QED) is 0.828. The van der Waals surface area contributed by atoms with Gasteiger partial charge in [0.25, 0.3) is 0 Å². The largest absolute Gasteiger partial charge is 0.481 e. The van der Waals surface area contributed by atoms with Gasteiger partial charge in [0, 0.05) is 5.88 Å². The van der Waals surface area contributed by atoms with E-state index in [2.05, 4.69) is 0 Å². The smallest absolute Gasteiger partial charge is 0.307 e. The van der Waals surface area contributed by atoms with Crippen LogP contribution < -0.4 is 0 Å². The predicted molar refractivity (Wildman–Crippen MR) is 64.8 cm³/mol. The molecule has 0 unspecified atom stereocenters. The first-order valence-corrected chi connectivity index (χ1v) is 5.53. The minimum absolute atomic E-state index is 0.0173. The normalized spacial score (nSPS) is 10.6. The monoisotopic (exact) mass is 234 g/mol. The van der Waals surface area contributed by atoms with Gasteiger partial charge >= 0.3 is 5.97 Å². The number of carbonyl (C=O) groups is 1. The first-order chi connectivity index (χ1) is 7.72. The lowest BCUT2D eigenvalue weighted by molar-refractivity contribution is -0.136. The maximum absolute atomic E-state index is 10.8. The molecular weight excluding hydrogens is 224 g/mol. The third kappa shape index (κ3) is 2.02. The average molecular weight is 235 g/mol. The molecule has 2 nitrogen and oxygen atoms in total. The summed E-state index contributed by atoms with van der Waals surface area (Å²) in [4.78, 5) is 10.8. The highest BCUT2D eigenvalue weighted by Crippen LogP contribution is 2.24. The summed E-state index contributed by atoms with van der Waals surface area (Å²) in [6.07, 6.45) is 0.0173. The van der Waals surface area contributed by atoms with Crippen LogP contribution in [0.3, 0.4) is 0 Å². The molecule has 0 aliphatic heterocycles. The van der Waals surface area contributed by atoms with Gasteiger partial charge in [0.05, 0.1) is 6.42 Å². The molecule has 1 N–H and O–H groups in total. The van der Waals surface area contributed by atoms with E-state index in [0.29, 0.717) is 5.88 Å². The molecule has 82 valence electrons. The summed E-state index contributed by atoms with van der Waals surface area (Å²) in [7, 11) is 0. The Balaban J connectivity index is 2.67. The Labute approximate surface area is 98.5 Å². The number of halogens is 1. The van der Waals surface area contributed by atoms with Crippen LogP contribution in [0.5, 0.6) is 0 Å². The van der Waals surface area contributed by atoms with E-state index >= 15 is 0 Å². The first-order valence-electron chi connectivity index (χ1n) is 4.99. The van der Waals surface area contributed by atoms with Crippen molar-refractivity contribution in [1.82, 2.24) is 0 Å². The summed E-state index contributed by atoms with van der Waals surface area (Å²) >= 11 is 5.82. The van der Waals surface area contributed by atoms with Crippen molar-refractivity contribution in [3.8, 4) is 0 Å². The minimum Gasteiger partial charge on any atom is -0.481 e. The van der Waals surface area contributed by atoms with Crippen LogP contribution in [0.1, 0.15) is 11.1 Å². The number of aliphatic carboxylic acids is 1. The van der Waals surface area contributed by atoms with E-state index in [0.717, 1.165) is 21.9 Å². The van der Waals surface area contributed by atoms with Crippen molar-refractivity contribution >= 4 is 28.3 Å². The van der Waals surface area contributed by atoms with E-state index < -0.39 is 5.97 Å². The van der Waals surface area contributed by atoms with E-state index in [9.17, 15) is 4.79 Å². The zero-order chi connectivity index (χ0) is 11.5. The third-order valence-corrected chi connectivity index (χ3v) is 2.90. The van der Waals surface area contributed by atoms with E-state index in [4.69, 9.17) is 16.7 Å². The Hall–Kier alpha value is -1.54. The number of alkyl halides is 1. The third-order valence-electron chi connectivity index (χ3n) is 2.61. The molecule has 0 saturated carbocycles. The number of hydrogen-bond acceptors (Lipinski definition) is 1. The standard InChI is InChI=1S/C13H11ClO2/c14-8-10-6-5-9-3-1-2-4-11(9)12(10)7-13(15)16/h1-6H,7-8H2,(H,15,16). The molecule has 0 saturated heterocycles. The maximum atomic E-state index is 10.8. The van der Waals surface area contributed by atoms with Crippen molar-refractivity contribution in [3.63, 3.8) is 0 Å². The van der Waals surface area contributed by atoms with Gasteiger partial charge in [-0.15, -0.1) is 11.6 Å². The number of carboxylic acid groups (broad SMARTS) is 1. The molecule has 0 atom stereocenters. The summed E-state index contributed by atoms with van der Waals surface area (Å²) in [6, 6.07) is 11.6. The highest BCUT2D eigenvalue weighted by molar-refractivity contribution is 6.17. The van der Waals surface area contributed by atoms with Gasteiger partial charge in [-0.05, 0) is 21.9 Å². The average Bonchev–Trinajstić information content (AvgIpc) is 2.29. The van der Waals surface area contributed by atoms with Crippen molar-refractivity contribution in [2.24, 2.45) is 0 Å². The highest BCUT2D eigenvalue weighted by Gasteiger charge is 2.10. The lowest BCUT2D eigenvalue weighted by Gasteiger charge is -2.09. The van der Waals surface area contributed by atoms with Crippen molar-refractivity contribution in [3.05, 3.63) is 47.5 Å². The SMILES string of the molecule is O=C(O)Cc1c(CCl)ccc2ccccc12. The molecule has 0 fully saturated rings. The predicted octanol–water partition coefficient (Wildman–Crippen LogP) is 3.21. The molecule has 2 aromatic carbocycles. The van der Waals surface area contributed by atoms with Crippen LogP contribution in [-0.4, -0.2) is 11.1 Å². The molecule has 0 bridgehead atoms. The van der Waals surface area contributed by atoms with Crippen molar-refractivity contribution in [2.45, 2.75) is 12.3 Å². The molecule has 0 aromatic heterocycles. The zero-order valence-corrected chi connectivity index (χ0v) is 9.37. The van der Waals surface area contributed by atoms with Crippen LogP contribution >= 0.6 is 11.6 Å². The maximum Gasteiger partial charge on any atom is 0.307 e. The van der Waals surface area contributed by atoms with Gasteiger partial charge in [-0.2, -0.15) is 0 Å². The fraction of sp³-hybridized carbons (Fsp3) is 0.154. The lowest BCUT2D eigenvalue weighted by Crippen LogP contribution is -2.03. The van der Waals surface area contributed by atoms with Crippen molar-refractivity contribution in [1.29, 1.82) is 0 Å². The van der Waals surface area contributed by atoms with Crippen LogP contribution in [0, 0.1) is 0 Å². The van der Waals surface area contributed by atoms with Gasteiger partial charge in [-0.3, -0.25) is 4.79 Å². The van der Waals surface area contributed by atoms with Gasteiger partial charge in [0.2, 0.25) is 0 Å². The summed E-state index contributed by atoms with van der Waals surface area (Å²) in [6.45, 7) is 0. The molecule has 3 heteroatoms. The van der Waals surface area contributed by atoms with Crippen LogP contribution in [0.15, 0.2) is 36.4 Å². The number of benzene rings is 2. The van der Waals surface area contributed by atoms with E-state index in [1.807, 2.05) is 36.4 Å². The summed E-state index contributed by atoms with van der Waals surface area (Å²) < 4.78 is 0. The van der Waals surface area contributed by atoms with E-state index in [1.165, 1.54) is 0 Å². The molecule has 0 heterocycles. The first kappa shape index (κ1) is 11.0. The summed E-state index contributed by atoms with van der Waals surface area (Å²) in [5.74, 6) is -0.490. The Morgan fingerprint density at radius 3 is 2.62 bits per heavy atom. The van der Waals surface area contributed by atoms with Crippen LogP contribution in [0.25, 0.3) is 10.8 Å². The second-order valence-electron chi connectivity index (χ2n) is 3.63. The fourth-order valence-corrected chi connectivity index (χ4v) is 2.12. The van der Waals surface area contributed by atoms with Crippen molar-refractivity contribution < 1.29 is 9.90 Å². The van der Waals surface area contributed by atoms with Crippen LogP contribution in [0.2, 0.25) is 0 Å². The van der Waals surface area contributed by atoms with Crippen molar-refractivity contribution in [2.75, 3.05) is 0 Å². The molecule has 0 aliphatic rings. The highest BCUT2D eigenvalue weighted by atomic mass is 35.5. The fourth-order valence-electron chi connectivity index (χ4n) is 1.87. The second-order valence-corrected chi connectivity index (χ2v) is 3.90. The zero-order valence-electron chi connectivity index (χ0n) is 8.61. The lowest BCUT2D eigenvalue weighted by atomic mass is 9.97. The van der Waals surface area contributed by atoms with Gasteiger partial charge in [-0.25, -0.2) is 0 Å². The van der Waals surface area contributed by atoms with Gasteiger partial charge in [0.1, 0.15) is 0 Å². The number of hydrogen-bond donors (Lipinski definition) is 1. The molecule has 0 amide bonds. The Bertz CT molecular complexity index is 534. The summed E-state index contributed by atoms with van der Waals surface area (Å²) in [5.41, 5.74) is 1.71. The van der Waals surface area contributed by atoms with Crippen LogP contribution in [-0.2, 0) is 17.1 Å². The Morgan fingerprint density at radius 1 is 1.19 bits per heavy atom. The van der Waals surface area contributed by atoms with Gasteiger partial charge in [0.15, 0.2) is 0 Å². The molecule has 0 aliphatic carbocycles. The molecule has 2 aromatic rings. The number of rotatable bonds is 3. The molecule has 0 radical (unpaired) electrons. The molecule has 2 rings (SSSR count). The molecular formula is C13H11ClO2. The van der Waals surface area contributed by atoms with Gasteiger partial charge < -0.3 is 5.11 Å². The van der Waals surface area contributed by atoms with Gasteiger partial charge in [-0.1, -0.05) is 36.4 Å². The minimum atomic E-state index is -0.831. The number of fused-ring (bicyclic) bond motifs is 1. The van der Waals surface area contributed by atoms with E-state index in [1.54, 1.807) is 0 Å². The second kappa shape index (κ2) is 4.54. The number of carboxylic acids is 1. The Morgan fingerprint density at radius 2 is 1.94 bits per heavy atom. The van der Waals surface area contributed by atoms with Crippen LogP contribution in [0.4, 0.5) is 0 Å². The topological polar surface area (TPSA) is 37.3 Å².